The Morgan fingerprint density at radius 2 is 1.86 bits per heavy atom. The van der Waals surface area contributed by atoms with Gasteiger partial charge in [0.2, 0.25) is 5.89 Å². The molecule has 0 bridgehead atoms. The molecule has 0 aliphatic rings. The highest BCUT2D eigenvalue weighted by Gasteiger charge is 2.33. The second-order valence-corrected chi connectivity index (χ2v) is 8.51. The van der Waals surface area contributed by atoms with E-state index in [0.717, 1.165) is 6.07 Å². The van der Waals surface area contributed by atoms with E-state index < -0.39 is 23.8 Å². The molecule has 188 valence electrons. The minimum atomic E-state index is -4.65. The zero-order valence-corrected chi connectivity index (χ0v) is 20.3. The van der Waals surface area contributed by atoms with Crippen molar-refractivity contribution in [1.82, 2.24) is 20.3 Å². The highest BCUT2D eigenvalue weighted by atomic mass is 35.5. The molecule has 13 heteroatoms. The molecule has 3 heterocycles. The summed E-state index contributed by atoms with van der Waals surface area (Å²) in [6, 6.07) is 4.35. The summed E-state index contributed by atoms with van der Waals surface area (Å²) in [5.74, 6) is -0.431. The quantitative estimate of drug-likeness (QED) is 0.329. The number of carbonyl (C=O) groups excluding carboxylic acids is 1. The number of benzene rings is 1. The van der Waals surface area contributed by atoms with Gasteiger partial charge in [0.1, 0.15) is 17.0 Å². The second kappa shape index (κ2) is 9.92. The molecule has 4 aromatic rings. The van der Waals surface area contributed by atoms with Crippen LogP contribution in [0.25, 0.3) is 22.4 Å². The summed E-state index contributed by atoms with van der Waals surface area (Å²) in [7, 11) is 1.32. The van der Waals surface area contributed by atoms with Gasteiger partial charge >= 0.3 is 6.18 Å². The molecule has 1 aromatic carbocycles. The molecule has 0 spiro atoms. The molecule has 0 fully saturated rings. The number of nitrogens with one attached hydrogen (secondary N) is 1. The van der Waals surface area contributed by atoms with E-state index in [2.05, 4.69) is 20.3 Å². The summed E-state index contributed by atoms with van der Waals surface area (Å²) < 4.78 is 50.7. The van der Waals surface area contributed by atoms with E-state index in [9.17, 15) is 18.0 Å². The standard InChI is InChI=1S/C23H18Cl2F3N5O3/c1-10(29)20-19(21(34)31-7-13-14(24)8-30-9-15(13)25)33-22(36-20)12-3-5-16(35-2)18-11(12)4-6-17(32-18)23(26,27)28/h3-6,8-10H,7,29H2,1-2H3,(H,31,34)/t10-/m0/s1. The molecule has 0 radical (unpaired) electrons. The Morgan fingerprint density at radius 3 is 2.47 bits per heavy atom. The molecule has 36 heavy (non-hydrogen) atoms. The van der Waals surface area contributed by atoms with Crippen LogP contribution >= 0.6 is 23.2 Å². The van der Waals surface area contributed by atoms with Gasteiger partial charge in [-0.05, 0) is 31.2 Å². The van der Waals surface area contributed by atoms with Crippen molar-refractivity contribution in [2.24, 2.45) is 5.73 Å². The maximum Gasteiger partial charge on any atom is 0.433 e. The fourth-order valence-corrected chi connectivity index (χ4v) is 3.98. The summed E-state index contributed by atoms with van der Waals surface area (Å²) in [4.78, 5) is 24.9. The molecule has 8 nitrogen and oxygen atoms in total. The number of hydrogen-bond acceptors (Lipinski definition) is 7. The molecule has 1 amide bonds. The van der Waals surface area contributed by atoms with Crippen molar-refractivity contribution in [3.8, 4) is 17.2 Å². The molecule has 3 aromatic heterocycles. The van der Waals surface area contributed by atoms with Crippen LogP contribution in [0.1, 0.15) is 40.5 Å². The van der Waals surface area contributed by atoms with E-state index in [1.165, 1.54) is 31.6 Å². The minimum absolute atomic E-state index is 0.0186. The van der Waals surface area contributed by atoms with Gasteiger partial charge in [0.25, 0.3) is 5.91 Å². The van der Waals surface area contributed by atoms with Crippen LogP contribution in [0.4, 0.5) is 13.2 Å². The Bertz CT molecular complexity index is 1440. The lowest BCUT2D eigenvalue weighted by Gasteiger charge is -2.11. The van der Waals surface area contributed by atoms with E-state index in [-0.39, 0.29) is 50.6 Å². The van der Waals surface area contributed by atoms with Crippen LogP contribution in [-0.4, -0.2) is 28.0 Å². The van der Waals surface area contributed by atoms with E-state index in [1.54, 1.807) is 13.0 Å². The first-order valence-corrected chi connectivity index (χ1v) is 11.1. The van der Waals surface area contributed by atoms with Gasteiger partial charge < -0.3 is 20.2 Å². The first-order valence-electron chi connectivity index (χ1n) is 10.4. The number of amides is 1. The fourth-order valence-electron chi connectivity index (χ4n) is 3.48. The van der Waals surface area contributed by atoms with Crippen molar-refractivity contribution in [2.45, 2.75) is 25.7 Å². The highest BCUT2D eigenvalue weighted by Crippen LogP contribution is 2.37. The van der Waals surface area contributed by atoms with Gasteiger partial charge in [0.15, 0.2) is 11.5 Å². The number of nitrogens with two attached hydrogens (primary N) is 1. The van der Waals surface area contributed by atoms with Crippen molar-refractivity contribution in [2.75, 3.05) is 7.11 Å². The minimum Gasteiger partial charge on any atom is -0.494 e. The van der Waals surface area contributed by atoms with Crippen molar-refractivity contribution in [1.29, 1.82) is 0 Å². The van der Waals surface area contributed by atoms with Crippen LogP contribution in [0, 0.1) is 0 Å². The summed E-state index contributed by atoms with van der Waals surface area (Å²) in [5, 5.41) is 3.49. The van der Waals surface area contributed by atoms with E-state index in [0.29, 0.717) is 11.1 Å². The Hall–Kier alpha value is -3.41. The maximum absolute atomic E-state index is 13.2. The van der Waals surface area contributed by atoms with Gasteiger partial charge in [-0.3, -0.25) is 9.78 Å². The van der Waals surface area contributed by atoms with Gasteiger partial charge in [0, 0.05) is 35.5 Å². The molecular formula is C23H18Cl2F3N5O3. The molecule has 1 atom stereocenters. The lowest BCUT2D eigenvalue weighted by molar-refractivity contribution is -0.140. The van der Waals surface area contributed by atoms with E-state index in [1.807, 2.05) is 0 Å². The number of aromatic nitrogens is 3. The molecule has 0 saturated heterocycles. The normalized spacial score (nSPS) is 12.6. The van der Waals surface area contributed by atoms with Gasteiger partial charge in [-0.2, -0.15) is 13.2 Å². The number of halogens is 5. The van der Waals surface area contributed by atoms with Crippen molar-refractivity contribution >= 4 is 40.0 Å². The number of rotatable bonds is 6. The number of methoxy groups -OCH3 is 1. The summed E-state index contributed by atoms with van der Waals surface area (Å²) in [6.45, 7) is 1.58. The fraction of sp³-hybridized carbons (Fsp3) is 0.217. The summed E-state index contributed by atoms with van der Waals surface area (Å²) in [5.41, 5.74) is 5.55. The molecule has 0 unspecified atom stereocenters. The molecule has 0 aliphatic carbocycles. The van der Waals surface area contributed by atoms with Crippen LogP contribution in [0.2, 0.25) is 10.0 Å². The van der Waals surface area contributed by atoms with Gasteiger partial charge in [-0.1, -0.05) is 23.2 Å². The van der Waals surface area contributed by atoms with Gasteiger partial charge in [-0.25, -0.2) is 9.97 Å². The number of alkyl halides is 3. The van der Waals surface area contributed by atoms with Crippen molar-refractivity contribution in [3.63, 3.8) is 0 Å². The predicted molar refractivity (Wildman–Crippen MR) is 127 cm³/mol. The largest absolute Gasteiger partial charge is 0.494 e. The predicted octanol–water partition coefficient (Wildman–Crippen LogP) is 5.57. The zero-order valence-electron chi connectivity index (χ0n) is 18.8. The van der Waals surface area contributed by atoms with E-state index in [4.69, 9.17) is 38.1 Å². The van der Waals surface area contributed by atoms with Crippen LogP contribution in [-0.2, 0) is 12.7 Å². The monoisotopic (exact) mass is 539 g/mol. The lowest BCUT2D eigenvalue weighted by atomic mass is 10.1. The Labute approximate surface area is 212 Å². The number of fused-ring (bicyclic) bond motifs is 1. The van der Waals surface area contributed by atoms with Crippen molar-refractivity contribution in [3.05, 3.63) is 69.4 Å². The average Bonchev–Trinajstić information content (AvgIpc) is 3.28. The third-order valence-corrected chi connectivity index (χ3v) is 5.87. The third-order valence-electron chi connectivity index (χ3n) is 5.22. The maximum atomic E-state index is 13.2. The molecule has 3 N–H and O–H groups in total. The van der Waals surface area contributed by atoms with Crippen LogP contribution in [0.15, 0.2) is 41.1 Å². The zero-order chi connectivity index (χ0) is 26.2. The van der Waals surface area contributed by atoms with Crippen LogP contribution < -0.4 is 15.8 Å². The lowest BCUT2D eigenvalue weighted by Crippen LogP contribution is -2.25. The average molecular weight is 540 g/mol. The molecule has 4 rings (SSSR count). The Kier molecular flexibility index (Phi) is 7.07. The topological polar surface area (TPSA) is 116 Å². The number of oxazole rings is 1. The molecular weight excluding hydrogens is 522 g/mol. The van der Waals surface area contributed by atoms with Crippen LogP contribution in [0.3, 0.4) is 0 Å². The second-order valence-electron chi connectivity index (χ2n) is 7.69. The Balaban J connectivity index is 1.75. The van der Waals surface area contributed by atoms with E-state index >= 15 is 0 Å². The Morgan fingerprint density at radius 1 is 1.17 bits per heavy atom. The number of carbonyl (C=O) groups is 1. The number of ether oxygens (including phenoxy) is 1. The SMILES string of the molecule is COc1ccc(-c2nc(C(=O)NCc3c(Cl)cncc3Cl)c([C@H](C)N)o2)c2ccc(C(F)(F)F)nc12. The molecule has 0 aliphatic heterocycles. The van der Waals surface area contributed by atoms with Gasteiger partial charge in [-0.15, -0.1) is 0 Å². The first kappa shape index (κ1) is 25.7. The van der Waals surface area contributed by atoms with Crippen LogP contribution in [0.5, 0.6) is 5.75 Å². The highest BCUT2D eigenvalue weighted by molar-refractivity contribution is 6.35. The number of hydrogen-bond donors (Lipinski definition) is 2. The van der Waals surface area contributed by atoms with Crippen molar-refractivity contribution < 1.29 is 27.1 Å². The van der Waals surface area contributed by atoms with Gasteiger partial charge in [0.05, 0.1) is 23.2 Å². The number of nitrogens with zero attached hydrogens (tertiary/aromatic N) is 3. The number of pyridine rings is 2. The summed E-state index contributed by atoms with van der Waals surface area (Å²) in [6.07, 6.45) is -1.86. The summed E-state index contributed by atoms with van der Waals surface area (Å²) >= 11 is 12.2. The third kappa shape index (κ3) is 4.95. The molecule has 0 saturated carbocycles. The first-order chi connectivity index (χ1) is 17.0. The smallest absolute Gasteiger partial charge is 0.433 e.